The van der Waals surface area contributed by atoms with Crippen LogP contribution in [-0.2, 0) is 11.2 Å². The molecule has 0 bridgehead atoms. The molecule has 5 rings (SSSR count). The van der Waals surface area contributed by atoms with Crippen molar-refractivity contribution in [2.75, 3.05) is 36.6 Å². The molecule has 1 aromatic carbocycles. The van der Waals surface area contributed by atoms with E-state index in [1.165, 1.54) is 0 Å². The topological polar surface area (TPSA) is 98.0 Å². The molecule has 0 unspecified atom stereocenters. The SMILES string of the molecule is CCOC(=O)c1cc(-c2ccc(OCCc3cnc4c(c3)C(=O)N(C)c3cccnc3N4CC)cc2)oc1C. The Balaban J connectivity index is 1.26. The lowest BCUT2D eigenvalue weighted by Gasteiger charge is -2.22. The summed E-state index contributed by atoms with van der Waals surface area (Å²) in [6, 6.07) is 14.8. The number of rotatable bonds is 8. The van der Waals surface area contributed by atoms with Crippen LogP contribution < -0.4 is 14.5 Å². The van der Waals surface area contributed by atoms with Crippen molar-refractivity contribution in [3.8, 4) is 17.1 Å². The van der Waals surface area contributed by atoms with E-state index >= 15 is 0 Å². The minimum Gasteiger partial charge on any atom is -0.493 e. The zero-order valence-electron chi connectivity index (χ0n) is 22.4. The second-order valence-corrected chi connectivity index (χ2v) is 9.09. The maximum atomic E-state index is 13.3. The number of aryl methyl sites for hydroxylation is 1. The van der Waals surface area contributed by atoms with Gasteiger partial charge < -0.3 is 23.7 Å². The summed E-state index contributed by atoms with van der Waals surface area (Å²) >= 11 is 0. The highest BCUT2D eigenvalue weighted by Gasteiger charge is 2.30. The van der Waals surface area contributed by atoms with Crippen molar-refractivity contribution in [2.45, 2.75) is 27.2 Å². The number of amides is 1. The number of carbonyl (C=O) groups excluding carboxylic acids is 2. The van der Waals surface area contributed by atoms with E-state index in [-0.39, 0.29) is 5.91 Å². The van der Waals surface area contributed by atoms with E-state index in [9.17, 15) is 9.59 Å². The number of fused-ring (bicyclic) bond motifs is 2. The van der Waals surface area contributed by atoms with Gasteiger partial charge >= 0.3 is 5.97 Å². The van der Waals surface area contributed by atoms with E-state index in [2.05, 4.69) is 9.97 Å². The van der Waals surface area contributed by atoms with E-state index in [0.717, 1.165) is 16.8 Å². The first-order valence-electron chi connectivity index (χ1n) is 12.9. The van der Waals surface area contributed by atoms with Gasteiger partial charge in [-0.1, -0.05) is 0 Å². The first kappa shape index (κ1) is 26.0. The Morgan fingerprint density at radius 3 is 2.59 bits per heavy atom. The number of anilines is 3. The van der Waals surface area contributed by atoms with Crippen LogP contribution in [0.5, 0.6) is 5.75 Å². The van der Waals surface area contributed by atoms with Crippen LogP contribution in [0.25, 0.3) is 11.3 Å². The van der Waals surface area contributed by atoms with Crippen molar-refractivity contribution in [3.63, 3.8) is 0 Å². The molecule has 4 aromatic rings. The zero-order chi connectivity index (χ0) is 27.5. The van der Waals surface area contributed by atoms with Gasteiger partial charge in [0.1, 0.15) is 28.7 Å². The number of pyridine rings is 2. The minimum atomic E-state index is -0.394. The standard InChI is InChI=1S/C30H30N4O5/c1-5-34-27-24(29(35)33(4)25-8-7-14-31-28(25)34)16-20(18-32-27)13-15-38-22-11-9-21(10-12-22)26-17-23(19(3)39-26)30(36)37-6-2/h7-12,14,16-18H,5-6,13,15H2,1-4H3. The van der Waals surface area contributed by atoms with Crippen molar-refractivity contribution in [3.05, 3.63) is 83.4 Å². The van der Waals surface area contributed by atoms with Crippen LogP contribution in [0.3, 0.4) is 0 Å². The summed E-state index contributed by atoms with van der Waals surface area (Å²) in [5, 5.41) is 0. The maximum absolute atomic E-state index is 13.3. The lowest BCUT2D eigenvalue weighted by Crippen LogP contribution is -2.25. The Bertz CT molecular complexity index is 1510. The lowest BCUT2D eigenvalue weighted by molar-refractivity contribution is 0.0524. The van der Waals surface area contributed by atoms with Crippen molar-refractivity contribution in [2.24, 2.45) is 0 Å². The van der Waals surface area contributed by atoms with Gasteiger partial charge in [0, 0.05) is 38.0 Å². The highest BCUT2D eigenvalue weighted by atomic mass is 16.5. The molecule has 9 heteroatoms. The molecule has 0 saturated heterocycles. The Kier molecular flexibility index (Phi) is 7.31. The third-order valence-electron chi connectivity index (χ3n) is 6.62. The molecule has 1 amide bonds. The summed E-state index contributed by atoms with van der Waals surface area (Å²) in [5.41, 5.74) is 3.44. The number of hydrogen-bond acceptors (Lipinski definition) is 8. The number of furan rings is 1. The fourth-order valence-corrected chi connectivity index (χ4v) is 4.60. The van der Waals surface area contributed by atoms with Crippen LogP contribution >= 0.6 is 0 Å². The Labute approximate surface area is 227 Å². The van der Waals surface area contributed by atoms with E-state index in [4.69, 9.17) is 13.9 Å². The number of hydrogen-bond donors (Lipinski definition) is 0. The number of ether oxygens (including phenoxy) is 2. The average Bonchev–Trinajstić information content (AvgIpc) is 3.32. The Morgan fingerprint density at radius 1 is 1.05 bits per heavy atom. The summed E-state index contributed by atoms with van der Waals surface area (Å²) in [6.07, 6.45) is 4.09. The van der Waals surface area contributed by atoms with Crippen molar-refractivity contribution >= 4 is 29.2 Å². The van der Waals surface area contributed by atoms with Crippen molar-refractivity contribution < 1.29 is 23.5 Å². The predicted molar refractivity (Wildman–Crippen MR) is 148 cm³/mol. The largest absolute Gasteiger partial charge is 0.493 e. The molecule has 0 atom stereocenters. The van der Waals surface area contributed by atoms with Gasteiger partial charge in [0.15, 0.2) is 5.82 Å². The third-order valence-corrected chi connectivity index (χ3v) is 6.62. The smallest absolute Gasteiger partial charge is 0.341 e. The van der Waals surface area contributed by atoms with E-state index in [1.807, 2.05) is 54.3 Å². The lowest BCUT2D eigenvalue weighted by atomic mass is 10.1. The molecular weight excluding hydrogens is 496 g/mol. The number of carbonyl (C=O) groups is 2. The molecule has 0 aliphatic carbocycles. The first-order valence-corrected chi connectivity index (χ1v) is 12.9. The normalized spacial score (nSPS) is 12.6. The number of esters is 1. The average molecular weight is 527 g/mol. The maximum Gasteiger partial charge on any atom is 0.341 e. The summed E-state index contributed by atoms with van der Waals surface area (Å²) in [7, 11) is 1.76. The number of nitrogens with zero attached hydrogens (tertiary/aromatic N) is 4. The predicted octanol–water partition coefficient (Wildman–Crippen LogP) is 5.59. The fourth-order valence-electron chi connectivity index (χ4n) is 4.60. The summed E-state index contributed by atoms with van der Waals surface area (Å²) in [4.78, 5) is 38.2. The molecule has 200 valence electrons. The van der Waals surface area contributed by atoms with Gasteiger partial charge in [0.05, 0.1) is 24.5 Å². The molecule has 3 aromatic heterocycles. The number of aromatic nitrogens is 2. The Morgan fingerprint density at radius 2 is 1.85 bits per heavy atom. The van der Waals surface area contributed by atoms with Gasteiger partial charge in [0.25, 0.3) is 5.91 Å². The molecule has 1 aliphatic heterocycles. The van der Waals surface area contributed by atoms with E-state index in [1.54, 1.807) is 44.3 Å². The highest BCUT2D eigenvalue weighted by Crippen LogP contribution is 2.37. The number of benzene rings is 1. The van der Waals surface area contributed by atoms with Gasteiger partial charge in [-0.15, -0.1) is 0 Å². The van der Waals surface area contributed by atoms with E-state index in [0.29, 0.717) is 66.2 Å². The van der Waals surface area contributed by atoms with Crippen molar-refractivity contribution in [1.82, 2.24) is 9.97 Å². The van der Waals surface area contributed by atoms with Crippen LogP contribution in [0.1, 0.15) is 45.9 Å². The van der Waals surface area contributed by atoms with Gasteiger partial charge in [-0.2, -0.15) is 0 Å². The van der Waals surface area contributed by atoms with Gasteiger partial charge in [-0.3, -0.25) is 4.79 Å². The summed E-state index contributed by atoms with van der Waals surface area (Å²) in [5.74, 6) is 2.60. The van der Waals surface area contributed by atoms with Gasteiger partial charge in [0.2, 0.25) is 0 Å². The van der Waals surface area contributed by atoms with E-state index < -0.39 is 5.97 Å². The van der Waals surface area contributed by atoms with Gasteiger partial charge in [-0.25, -0.2) is 14.8 Å². The van der Waals surface area contributed by atoms with Crippen molar-refractivity contribution in [1.29, 1.82) is 0 Å². The fraction of sp³-hybridized carbons (Fsp3) is 0.267. The molecule has 9 nitrogen and oxygen atoms in total. The molecule has 0 fully saturated rings. The molecule has 0 radical (unpaired) electrons. The third kappa shape index (κ3) is 5.07. The molecular formula is C30H30N4O5. The highest BCUT2D eigenvalue weighted by molar-refractivity contribution is 6.12. The molecule has 0 saturated carbocycles. The minimum absolute atomic E-state index is 0.125. The molecule has 0 spiro atoms. The van der Waals surface area contributed by atoms with Crippen LogP contribution in [0.15, 0.2) is 65.3 Å². The van der Waals surface area contributed by atoms with Gasteiger partial charge in [-0.05, 0) is 74.9 Å². The summed E-state index contributed by atoms with van der Waals surface area (Å²) in [6.45, 7) is 6.87. The van der Waals surface area contributed by atoms with Crippen LogP contribution in [-0.4, -0.2) is 48.7 Å². The quantitative estimate of drug-likeness (QED) is 0.274. The van der Waals surface area contributed by atoms with Crippen LogP contribution in [0.2, 0.25) is 0 Å². The van der Waals surface area contributed by atoms with Crippen LogP contribution in [0.4, 0.5) is 17.3 Å². The Hall–Kier alpha value is -4.66. The summed E-state index contributed by atoms with van der Waals surface area (Å²) < 4.78 is 16.8. The second-order valence-electron chi connectivity index (χ2n) is 9.09. The molecule has 4 heterocycles. The zero-order valence-corrected chi connectivity index (χ0v) is 22.4. The monoisotopic (exact) mass is 526 g/mol. The molecule has 1 aliphatic rings. The second kappa shape index (κ2) is 11.0. The molecule has 0 N–H and O–H groups in total. The van der Waals surface area contributed by atoms with Crippen LogP contribution in [0, 0.1) is 6.92 Å². The first-order chi connectivity index (χ1) is 18.9. The molecule has 39 heavy (non-hydrogen) atoms.